The fourth-order valence-corrected chi connectivity index (χ4v) is 10.9. The smallest absolute Gasteiger partial charge is 0.413 e. The Hall–Kier alpha value is -4.59. The molecule has 14 heteroatoms. The first-order valence-corrected chi connectivity index (χ1v) is 18.5. The van der Waals surface area contributed by atoms with E-state index in [1.165, 1.54) is 17.5 Å². The Balaban J connectivity index is 1.49. The van der Waals surface area contributed by atoms with Crippen molar-refractivity contribution in [2.75, 3.05) is 31.5 Å². The van der Waals surface area contributed by atoms with E-state index in [1.54, 1.807) is 24.1 Å². The fraction of sp³-hybridized carbons (Fsp3) is 0.371. The number of ether oxygens (including phenoxy) is 2. The molecule has 0 fully saturated rings. The molecular weight excluding hydrogens is 660 g/mol. The van der Waals surface area contributed by atoms with Crippen LogP contribution in [0.5, 0.6) is 5.75 Å². The number of aromatic nitrogens is 6. The molecule has 0 spiro atoms. The summed E-state index contributed by atoms with van der Waals surface area (Å²) in [5, 5.41) is 21.6. The molecule has 3 heterocycles. The van der Waals surface area contributed by atoms with Crippen LogP contribution in [0, 0.1) is 0 Å². The number of halogens is 1. The van der Waals surface area contributed by atoms with Crippen LogP contribution in [0.4, 0.5) is 16.6 Å². The Bertz CT molecular complexity index is 1810. The van der Waals surface area contributed by atoms with Crippen molar-refractivity contribution in [3.05, 3.63) is 83.8 Å². The van der Waals surface area contributed by atoms with Gasteiger partial charge in [-0.2, -0.15) is 10.1 Å². The van der Waals surface area contributed by atoms with E-state index in [0.717, 1.165) is 12.8 Å². The predicted octanol–water partition coefficient (Wildman–Crippen LogP) is 6.05. The number of rotatable bonds is 14. The lowest BCUT2D eigenvalue weighted by Gasteiger charge is -2.43. The minimum atomic E-state index is -2.72. The van der Waals surface area contributed by atoms with E-state index in [-0.39, 0.29) is 28.7 Å². The molecular formula is C35H43ClN8O4Si. The second-order valence-electron chi connectivity index (χ2n) is 12.7. The van der Waals surface area contributed by atoms with Gasteiger partial charge in [0.2, 0.25) is 5.95 Å². The van der Waals surface area contributed by atoms with E-state index in [4.69, 9.17) is 30.5 Å². The first-order valence-electron chi connectivity index (χ1n) is 16.3. The van der Waals surface area contributed by atoms with E-state index in [1.807, 2.05) is 12.1 Å². The van der Waals surface area contributed by atoms with Crippen LogP contribution >= 0.6 is 11.6 Å². The van der Waals surface area contributed by atoms with Gasteiger partial charge in [0.25, 0.3) is 8.32 Å². The van der Waals surface area contributed by atoms with Gasteiger partial charge in [-0.1, -0.05) is 106 Å². The number of carbonyl (C=O) groups excluding carboxylic acids is 1. The number of hydrogen-bond acceptors (Lipinski definition) is 10. The quantitative estimate of drug-likeness (QED) is 0.132. The number of carbonyl (C=O) groups is 1. The molecule has 2 aromatic carbocycles. The summed E-state index contributed by atoms with van der Waals surface area (Å²) in [6, 6.07) is 22.8. The first kappa shape index (κ1) is 35.7. The van der Waals surface area contributed by atoms with Crippen molar-refractivity contribution in [1.82, 2.24) is 29.9 Å². The van der Waals surface area contributed by atoms with Crippen LogP contribution in [0.2, 0.25) is 10.2 Å². The van der Waals surface area contributed by atoms with Crippen molar-refractivity contribution < 1.29 is 18.7 Å². The highest BCUT2D eigenvalue weighted by Gasteiger charge is 2.50. The third kappa shape index (κ3) is 8.01. The minimum Gasteiger partial charge on any atom is -0.495 e. The average molecular weight is 703 g/mol. The monoisotopic (exact) mass is 702 g/mol. The normalized spacial score (nSPS) is 12.5. The lowest BCUT2D eigenvalue weighted by Crippen LogP contribution is -2.66. The van der Waals surface area contributed by atoms with Crippen LogP contribution in [-0.2, 0) is 15.7 Å². The van der Waals surface area contributed by atoms with Gasteiger partial charge in [-0.05, 0) is 28.3 Å². The Morgan fingerprint density at radius 1 is 0.980 bits per heavy atom. The molecule has 0 saturated heterocycles. The Kier molecular flexibility index (Phi) is 11.5. The fourth-order valence-electron chi connectivity index (χ4n) is 6.17. The van der Waals surface area contributed by atoms with Gasteiger partial charge in [0.15, 0.2) is 11.0 Å². The average Bonchev–Trinajstić information content (AvgIpc) is 3.50. The van der Waals surface area contributed by atoms with E-state index in [2.05, 4.69) is 107 Å². The molecule has 0 aliphatic carbocycles. The van der Waals surface area contributed by atoms with Crippen LogP contribution in [-0.4, -0.2) is 71.2 Å². The summed E-state index contributed by atoms with van der Waals surface area (Å²) in [7, 11) is 0.107. The number of benzene rings is 2. The van der Waals surface area contributed by atoms with Crippen molar-refractivity contribution in [2.45, 2.75) is 64.6 Å². The third-order valence-electron chi connectivity index (χ3n) is 8.39. The van der Waals surface area contributed by atoms with Gasteiger partial charge in [-0.25, -0.2) is 9.78 Å². The van der Waals surface area contributed by atoms with Crippen LogP contribution in [0.3, 0.4) is 0 Å². The topological polar surface area (TPSA) is 138 Å². The second-order valence-corrected chi connectivity index (χ2v) is 17.4. The number of methoxy groups -OCH3 is 2. The van der Waals surface area contributed by atoms with E-state index in [0.29, 0.717) is 41.3 Å². The molecule has 5 aromatic rings. The summed E-state index contributed by atoms with van der Waals surface area (Å²) in [6.07, 6.45) is 3.41. The van der Waals surface area contributed by atoms with E-state index >= 15 is 0 Å². The van der Waals surface area contributed by atoms with Gasteiger partial charge in [-0.3, -0.25) is 10.00 Å². The number of hydrogen-bond donors (Lipinski definition) is 2. The van der Waals surface area contributed by atoms with Crippen LogP contribution in [0.15, 0.2) is 72.9 Å². The maximum Gasteiger partial charge on any atom is 0.413 e. The van der Waals surface area contributed by atoms with Crippen LogP contribution in [0.25, 0.3) is 11.0 Å². The van der Waals surface area contributed by atoms with Crippen molar-refractivity contribution in [1.29, 1.82) is 0 Å². The molecule has 1 atom stereocenters. The predicted molar refractivity (Wildman–Crippen MR) is 195 cm³/mol. The SMILES string of the molecule is CCC[C@@H](CCO[Si](c1ccccc1)(c1ccccc1)C(C)(C)C)Nc1nc(NC(=O)OC)nc2cnn(Cc3nnc(Cl)cc3OC)c12. The van der Waals surface area contributed by atoms with Crippen LogP contribution in [0.1, 0.15) is 52.7 Å². The Labute approximate surface area is 292 Å². The van der Waals surface area contributed by atoms with Crippen molar-refractivity contribution >= 4 is 59.2 Å². The Morgan fingerprint density at radius 2 is 1.65 bits per heavy atom. The summed E-state index contributed by atoms with van der Waals surface area (Å²) in [5.74, 6) is 1.06. The van der Waals surface area contributed by atoms with Gasteiger partial charge in [0.1, 0.15) is 22.5 Å². The van der Waals surface area contributed by atoms with Gasteiger partial charge in [-0.15, -0.1) is 10.2 Å². The lowest BCUT2D eigenvalue weighted by molar-refractivity contribution is 0.186. The molecule has 0 bridgehead atoms. The molecule has 5 rings (SSSR count). The molecule has 258 valence electrons. The zero-order valence-corrected chi connectivity index (χ0v) is 30.5. The second kappa shape index (κ2) is 15.7. The molecule has 0 radical (unpaired) electrons. The van der Waals surface area contributed by atoms with Crippen molar-refractivity contribution in [2.24, 2.45) is 0 Å². The largest absolute Gasteiger partial charge is 0.495 e. The maximum absolute atomic E-state index is 12.1. The number of nitrogens with one attached hydrogen (secondary N) is 2. The standard InChI is InChI=1S/C35H43ClN8O4Si/c1-7-14-24(19-20-48-49(35(2,3)4,25-15-10-8-11-16-25)26-17-12-9-13-18-26)38-32-31-27(39-33(40-32)41-34(45)47-6)22-37-44(31)23-28-29(46-5)21-30(36)43-42-28/h8-13,15-18,21-22,24H,7,14,19-20,23H2,1-6H3,(H2,38,39,40,41,45)/t24-/m0/s1. The molecule has 1 amide bonds. The van der Waals surface area contributed by atoms with Crippen LogP contribution < -0.4 is 25.7 Å². The lowest BCUT2D eigenvalue weighted by atomic mass is 10.1. The summed E-state index contributed by atoms with van der Waals surface area (Å²) in [6.45, 7) is 9.70. The zero-order chi connectivity index (χ0) is 35.0. The third-order valence-corrected chi connectivity index (χ3v) is 13.6. The molecule has 0 aliphatic heterocycles. The first-order chi connectivity index (χ1) is 23.6. The summed E-state index contributed by atoms with van der Waals surface area (Å²) >= 11 is 6.06. The maximum atomic E-state index is 12.1. The molecule has 49 heavy (non-hydrogen) atoms. The number of amides is 1. The number of anilines is 2. The minimum absolute atomic E-state index is 0.0273. The summed E-state index contributed by atoms with van der Waals surface area (Å²) < 4.78 is 19.2. The molecule has 3 aromatic heterocycles. The van der Waals surface area contributed by atoms with Crippen molar-refractivity contribution in [3.8, 4) is 5.75 Å². The highest BCUT2D eigenvalue weighted by Crippen LogP contribution is 2.37. The highest BCUT2D eigenvalue weighted by atomic mass is 35.5. The van der Waals surface area contributed by atoms with Gasteiger partial charge >= 0.3 is 6.09 Å². The number of fused-ring (bicyclic) bond motifs is 1. The van der Waals surface area contributed by atoms with Crippen molar-refractivity contribution in [3.63, 3.8) is 0 Å². The molecule has 2 N–H and O–H groups in total. The summed E-state index contributed by atoms with van der Waals surface area (Å²) in [4.78, 5) is 21.4. The zero-order valence-electron chi connectivity index (χ0n) is 28.7. The van der Waals surface area contributed by atoms with Gasteiger partial charge in [0, 0.05) is 18.7 Å². The molecule has 0 saturated carbocycles. The Morgan fingerprint density at radius 3 is 2.24 bits per heavy atom. The molecule has 0 aliphatic rings. The molecule has 12 nitrogen and oxygen atoms in total. The summed E-state index contributed by atoms with van der Waals surface area (Å²) in [5.41, 5.74) is 1.68. The van der Waals surface area contributed by atoms with Gasteiger partial charge < -0.3 is 19.2 Å². The van der Waals surface area contributed by atoms with Gasteiger partial charge in [0.05, 0.1) is 27.0 Å². The molecule has 0 unspecified atom stereocenters. The highest BCUT2D eigenvalue weighted by molar-refractivity contribution is 6.99. The number of nitrogens with zero attached hydrogens (tertiary/aromatic N) is 6. The van der Waals surface area contributed by atoms with E-state index < -0.39 is 14.4 Å². The van der Waals surface area contributed by atoms with E-state index in [9.17, 15) is 4.79 Å².